The van der Waals surface area contributed by atoms with Crippen molar-refractivity contribution < 1.29 is 28.7 Å². The van der Waals surface area contributed by atoms with Gasteiger partial charge in [-0.25, -0.2) is 4.79 Å². The summed E-state index contributed by atoms with van der Waals surface area (Å²) >= 11 is 0. The number of rotatable bonds is 6. The maximum absolute atomic E-state index is 11.0. The second kappa shape index (κ2) is 5.60. The smallest absolute Gasteiger partial charge is 0.374 e. The van der Waals surface area contributed by atoms with Gasteiger partial charge in [-0.2, -0.15) is 0 Å². The van der Waals surface area contributed by atoms with Gasteiger partial charge in [-0.3, -0.25) is 4.79 Å². The Balaban J connectivity index is 4.49. The van der Waals surface area contributed by atoms with Crippen LogP contribution in [0.1, 0.15) is 13.3 Å². The molecule has 0 fully saturated rings. The van der Waals surface area contributed by atoms with E-state index in [4.69, 9.17) is 4.74 Å². The molecule has 0 aliphatic rings. The minimum atomic E-state index is -1.31. The molecule has 0 aromatic rings. The van der Waals surface area contributed by atoms with Crippen LogP contribution in [-0.2, 0) is 19.1 Å². The first-order valence-corrected chi connectivity index (χ1v) is 4.83. The number of carbonyl (C=O) groups is 3. The summed E-state index contributed by atoms with van der Waals surface area (Å²) in [5.74, 6) is -3.07. The van der Waals surface area contributed by atoms with Crippen LogP contribution in [-0.4, -0.2) is 56.0 Å². The number of hydrogen-bond donors (Lipinski definition) is 0. The van der Waals surface area contributed by atoms with E-state index in [1.807, 2.05) is 21.1 Å². The highest BCUT2D eigenvalue weighted by molar-refractivity contribution is 6.32. The monoisotopic (exact) mass is 231 g/mol. The first-order valence-electron chi connectivity index (χ1n) is 4.83. The van der Waals surface area contributed by atoms with Crippen LogP contribution in [0.25, 0.3) is 0 Å². The highest BCUT2D eigenvalue weighted by Gasteiger charge is 2.23. The molecule has 0 aromatic heterocycles. The molecule has 0 bridgehead atoms. The van der Waals surface area contributed by atoms with Gasteiger partial charge in [0.15, 0.2) is 6.10 Å². The standard InChI is InChI=1S/C10H17NO5/c1-7(12)10(15)16-8(5-9(13)14)6-11(2,3)4/h8H,5-6H2,1-4H3. The number of hydrogen-bond acceptors (Lipinski definition) is 5. The van der Waals surface area contributed by atoms with E-state index in [0.717, 1.165) is 6.92 Å². The van der Waals surface area contributed by atoms with Gasteiger partial charge in [0.25, 0.3) is 0 Å². The fourth-order valence-electron chi connectivity index (χ4n) is 1.17. The highest BCUT2D eigenvalue weighted by atomic mass is 16.5. The number of carboxylic acids is 1. The predicted molar refractivity (Wildman–Crippen MR) is 53.1 cm³/mol. The van der Waals surface area contributed by atoms with Crippen molar-refractivity contribution >= 4 is 17.7 Å². The molecule has 0 saturated heterocycles. The molecule has 0 saturated carbocycles. The molecule has 1 atom stereocenters. The van der Waals surface area contributed by atoms with Gasteiger partial charge in [0.05, 0.1) is 21.1 Å². The molecule has 0 aliphatic carbocycles. The number of aliphatic carboxylic acids is 1. The average molecular weight is 231 g/mol. The van der Waals surface area contributed by atoms with E-state index in [9.17, 15) is 19.5 Å². The van der Waals surface area contributed by atoms with Gasteiger partial charge in [0, 0.05) is 19.3 Å². The number of ether oxygens (including phenoxy) is 1. The summed E-state index contributed by atoms with van der Waals surface area (Å²) in [5.41, 5.74) is 0. The molecule has 0 spiro atoms. The van der Waals surface area contributed by atoms with Crippen LogP contribution in [0.15, 0.2) is 0 Å². The zero-order valence-electron chi connectivity index (χ0n) is 9.98. The molecule has 0 heterocycles. The van der Waals surface area contributed by atoms with Crippen molar-refractivity contribution in [2.75, 3.05) is 27.7 Å². The van der Waals surface area contributed by atoms with Gasteiger partial charge in [-0.15, -0.1) is 0 Å². The normalized spacial score (nSPS) is 13.0. The van der Waals surface area contributed by atoms with E-state index in [1.165, 1.54) is 0 Å². The molecule has 6 heteroatoms. The zero-order valence-corrected chi connectivity index (χ0v) is 9.98. The lowest BCUT2D eigenvalue weighted by Crippen LogP contribution is -2.45. The lowest BCUT2D eigenvalue weighted by atomic mass is 10.2. The predicted octanol–water partition coefficient (Wildman–Crippen LogP) is -1.67. The van der Waals surface area contributed by atoms with E-state index >= 15 is 0 Å². The van der Waals surface area contributed by atoms with Gasteiger partial charge in [0.1, 0.15) is 6.54 Å². The molecule has 0 rings (SSSR count). The summed E-state index contributed by atoms with van der Waals surface area (Å²) in [5, 5.41) is 10.5. The summed E-state index contributed by atoms with van der Waals surface area (Å²) in [4.78, 5) is 32.2. The third-order valence-corrected chi connectivity index (χ3v) is 1.71. The molecule has 0 aliphatic heterocycles. The van der Waals surface area contributed by atoms with Crippen molar-refractivity contribution in [2.24, 2.45) is 0 Å². The van der Waals surface area contributed by atoms with E-state index in [0.29, 0.717) is 11.0 Å². The Hall–Kier alpha value is -1.43. The third kappa shape index (κ3) is 6.94. The molecule has 92 valence electrons. The van der Waals surface area contributed by atoms with Crippen LogP contribution in [0.3, 0.4) is 0 Å². The number of nitrogens with zero attached hydrogens (tertiary/aromatic N) is 1. The number of esters is 1. The second-order valence-electron chi connectivity index (χ2n) is 4.63. The molecular weight excluding hydrogens is 214 g/mol. The molecule has 0 amide bonds. The SMILES string of the molecule is CC(=O)C(=O)OC(CC(=O)[O-])C[N+](C)(C)C. The summed E-state index contributed by atoms with van der Waals surface area (Å²) in [6.07, 6.45) is -1.25. The van der Waals surface area contributed by atoms with E-state index in [1.54, 1.807) is 0 Å². The fraction of sp³-hybridized carbons (Fsp3) is 0.700. The van der Waals surface area contributed by atoms with Crippen molar-refractivity contribution in [2.45, 2.75) is 19.4 Å². The summed E-state index contributed by atoms with van der Waals surface area (Å²) in [6, 6.07) is 0. The molecular formula is C10H17NO5. The molecule has 1 unspecified atom stereocenters. The number of carboxylic acid groups (broad SMARTS) is 1. The van der Waals surface area contributed by atoms with Crippen LogP contribution < -0.4 is 5.11 Å². The number of likely N-dealkylation sites (N-methyl/N-ethyl adjacent to an activating group) is 1. The van der Waals surface area contributed by atoms with Gasteiger partial charge < -0.3 is 19.1 Å². The van der Waals surface area contributed by atoms with Gasteiger partial charge >= 0.3 is 5.97 Å². The van der Waals surface area contributed by atoms with E-state index < -0.39 is 30.2 Å². The quantitative estimate of drug-likeness (QED) is 0.310. The molecule has 0 radical (unpaired) electrons. The Morgan fingerprint density at radius 3 is 2.06 bits per heavy atom. The third-order valence-electron chi connectivity index (χ3n) is 1.71. The Bertz CT molecular complexity index is 292. The van der Waals surface area contributed by atoms with Crippen molar-refractivity contribution in [1.29, 1.82) is 0 Å². The van der Waals surface area contributed by atoms with Crippen LogP contribution in [0.2, 0.25) is 0 Å². The lowest BCUT2D eigenvalue weighted by Gasteiger charge is -2.28. The maximum Gasteiger partial charge on any atom is 0.374 e. The van der Waals surface area contributed by atoms with Crippen molar-refractivity contribution in [3.8, 4) is 0 Å². The lowest BCUT2D eigenvalue weighted by molar-refractivity contribution is -0.873. The van der Waals surface area contributed by atoms with Crippen molar-refractivity contribution in [1.82, 2.24) is 0 Å². The van der Waals surface area contributed by atoms with Gasteiger partial charge in [-0.05, 0) is 0 Å². The summed E-state index contributed by atoms with van der Waals surface area (Å²) in [6.45, 7) is 1.37. The number of ketones is 1. The van der Waals surface area contributed by atoms with Crippen molar-refractivity contribution in [3.63, 3.8) is 0 Å². The molecule has 6 nitrogen and oxygen atoms in total. The first-order chi connectivity index (χ1) is 7.11. The molecule has 0 N–H and O–H groups in total. The molecule has 16 heavy (non-hydrogen) atoms. The van der Waals surface area contributed by atoms with Crippen LogP contribution in [0, 0.1) is 0 Å². The average Bonchev–Trinajstić information content (AvgIpc) is 1.98. The Morgan fingerprint density at radius 2 is 1.75 bits per heavy atom. The number of Topliss-reactive ketones (excluding diaryl/α,β-unsaturated/α-hetero) is 1. The Labute approximate surface area is 94.4 Å². The summed E-state index contributed by atoms with van der Waals surface area (Å²) in [7, 11) is 5.47. The first kappa shape index (κ1) is 14.6. The second-order valence-corrected chi connectivity index (χ2v) is 4.63. The van der Waals surface area contributed by atoms with Gasteiger partial charge in [0.2, 0.25) is 5.78 Å². The van der Waals surface area contributed by atoms with Gasteiger partial charge in [-0.1, -0.05) is 0 Å². The van der Waals surface area contributed by atoms with Crippen molar-refractivity contribution in [3.05, 3.63) is 0 Å². The van der Waals surface area contributed by atoms with Crippen LogP contribution in [0.4, 0.5) is 0 Å². The van der Waals surface area contributed by atoms with E-state index in [2.05, 4.69) is 0 Å². The Morgan fingerprint density at radius 1 is 1.25 bits per heavy atom. The Kier molecular flexibility index (Phi) is 5.10. The largest absolute Gasteiger partial charge is 0.550 e. The molecule has 0 aromatic carbocycles. The summed E-state index contributed by atoms with van der Waals surface area (Å²) < 4.78 is 5.19. The minimum absolute atomic E-state index is 0.299. The van der Waals surface area contributed by atoms with E-state index in [-0.39, 0.29) is 0 Å². The maximum atomic E-state index is 11.0. The minimum Gasteiger partial charge on any atom is -0.550 e. The van der Waals surface area contributed by atoms with Crippen LogP contribution in [0.5, 0.6) is 0 Å². The number of carbonyl (C=O) groups excluding carboxylic acids is 3. The topological polar surface area (TPSA) is 83.5 Å². The van der Waals surface area contributed by atoms with Crippen LogP contribution >= 0.6 is 0 Å². The zero-order chi connectivity index (χ0) is 12.9. The highest BCUT2D eigenvalue weighted by Crippen LogP contribution is 2.04. The fourth-order valence-corrected chi connectivity index (χ4v) is 1.17. The number of quaternary nitrogens is 1.